The lowest BCUT2D eigenvalue weighted by molar-refractivity contribution is -0.274. The predicted octanol–water partition coefficient (Wildman–Crippen LogP) is 5.35. The Balaban J connectivity index is 1.53. The molecule has 37 heavy (non-hydrogen) atoms. The van der Waals surface area contributed by atoms with Gasteiger partial charge in [0.2, 0.25) is 5.95 Å². The quantitative estimate of drug-likeness (QED) is 0.426. The molecule has 3 N–H and O–H groups in total. The van der Waals surface area contributed by atoms with Crippen LogP contribution in [0.5, 0.6) is 5.75 Å². The van der Waals surface area contributed by atoms with Crippen LogP contribution in [0, 0.1) is 17.2 Å². The van der Waals surface area contributed by atoms with Crippen molar-refractivity contribution in [1.29, 1.82) is 5.26 Å². The molecule has 200 valence electrons. The van der Waals surface area contributed by atoms with Crippen LogP contribution < -0.4 is 20.7 Å². The molecular formula is C25H31F3N6O3. The van der Waals surface area contributed by atoms with Crippen LogP contribution in [-0.2, 0) is 11.3 Å². The summed E-state index contributed by atoms with van der Waals surface area (Å²) in [5.41, 5.74) is -0.0135. The molecule has 2 aromatic rings. The monoisotopic (exact) mass is 520 g/mol. The van der Waals surface area contributed by atoms with Gasteiger partial charge in [0.25, 0.3) is 0 Å². The molecule has 1 amide bonds. The predicted molar refractivity (Wildman–Crippen MR) is 131 cm³/mol. The number of nitrogens with zero attached hydrogens (tertiary/aromatic N) is 3. The van der Waals surface area contributed by atoms with Crippen LogP contribution in [0.15, 0.2) is 30.5 Å². The molecule has 0 unspecified atom stereocenters. The number of hydrogen-bond acceptors (Lipinski definition) is 8. The Morgan fingerprint density at radius 2 is 1.84 bits per heavy atom. The molecule has 1 aromatic heterocycles. The van der Waals surface area contributed by atoms with E-state index in [1.807, 2.05) is 26.8 Å². The molecule has 1 heterocycles. The van der Waals surface area contributed by atoms with Crippen molar-refractivity contribution in [3.63, 3.8) is 0 Å². The fraction of sp³-hybridized carbons (Fsp3) is 0.520. The number of alkyl halides is 3. The Hall–Kier alpha value is -3.75. The minimum atomic E-state index is -4.80. The number of carbonyl (C=O) groups is 1. The molecule has 0 saturated heterocycles. The first-order valence-corrected chi connectivity index (χ1v) is 12.0. The molecular weight excluding hydrogens is 489 g/mol. The van der Waals surface area contributed by atoms with Crippen molar-refractivity contribution in [2.75, 3.05) is 17.2 Å². The van der Waals surface area contributed by atoms with E-state index in [2.05, 4.69) is 30.7 Å². The Bertz CT molecular complexity index is 1110. The maximum Gasteiger partial charge on any atom is 0.573 e. The van der Waals surface area contributed by atoms with Crippen LogP contribution in [-0.4, -0.2) is 40.6 Å². The lowest BCUT2D eigenvalue weighted by Gasteiger charge is -2.30. The van der Waals surface area contributed by atoms with Gasteiger partial charge in [0.15, 0.2) is 0 Å². The Labute approximate surface area is 213 Å². The third-order valence-electron chi connectivity index (χ3n) is 5.67. The number of nitrogens with one attached hydrogen (secondary N) is 3. The van der Waals surface area contributed by atoms with Gasteiger partial charge < -0.3 is 25.4 Å². The number of amides is 1. The number of aromatic nitrogens is 2. The summed E-state index contributed by atoms with van der Waals surface area (Å²) in [7, 11) is 0. The molecule has 1 aliphatic carbocycles. The summed E-state index contributed by atoms with van der Waals surface area (Å²) in [4.78, 5) is 20.4. The zero-order valence-electron chi connectivity index (χ0n) is 21.0. The number of rotatable bonds is 8. The van der Waals surface area contributed by atoms with Crippen molar-refractivity contribution in [2.45, 2.75) is 71.0 Å². The third-order valence-corrected chi connectivity index (χ3v) is 5.67. The number of ether oxygens (including phenoxy) is 2. The Kier molecular flexibility index (Phi) is 9.02. The molecule has 0 radical (unpaired) electrons. The highest BCUT2D eigenvalue weighted by atomic mass is 19.4. The van der Waals surface area contributed by atoms with Crippen molar-refractivity contribution < 1.29 is 27.4 Å². The summed E-state index contributed by atoms with van der Waals surface area (Å²) in [5.74, 6) is 0.509. The molecule has 12 heteroatoms. The van der Waals surface area contributed by atoms with E-state index in [9.17, 15) is 23.2 Å². The maximum absolute atomic E-state index is 12.7. The normalized spacial score (nSPS) is 17.9. The molecule has 1 aliphatic rings. The highest BCUT2D eigenvalue weighted by Crippen LogP contribution is 2.28. The number of nitriles is 1. The van der Waals surface area contributed by atoms with Gasteiger partial charge in [0.1, 0.15) is 28.8 Å². The molecule has 1 fully saturated rings. The lowest BCUT2D eigenvalue weighted by atomic mass is 9.86. The van der Waals surface area contributed by atoms with E-state index < -0.39 is 18.1 Å². The number of alkyl carbamates (subject to hydrolysis) is 1. The van der Waals surface area contributed by atoms with Crippen LogP contribution in [0.2, 0.25) is 0 Å². The molecule has 0 aliphatic heterocycles. The van der Waals surface area contributed by atoms with Crippen LogP contribution in [0.1, 0.15) is 57.6 Å². The van der Waals surface area contributed by atoms with Gasteiger partial charge in [-0.1, -0.05) is 18.2 Å². The first-order chi connectivity index (χ1) is 17.4. The lowest BCUT2D eigenvalue weighted by Crippen LogP contribution is -2.41. The molecule has 1 aromatic carbocycles. The zero-order chi connectivity index (χ0) is 27.1. The van der Waals surface area contributed by atoms with E-state index >= 15 is 0 Å². The van der Waals surface area contributed by atoms with E-state index in [-0.39, 0.29) is 35.4 Å². The summed E-state index contributed by atoms with van der Waals surface area (Å²) < 4.78 is 47.4. The smallest absolute Gasteiger partial charge is 0.444 e. The minimum Gasteiger partial charge on any atom is -0.444 e. The number of benzene rings is 1. The highest BCUT2D eigenvalue weighted by Gasteiger charge is 2.32. The van der Waals surface area contributed by atoms with Gasteiger partial charge in [-0.25, -0.2) is 9.78 Å². The van der Waals surface area contributed by atoms with Gasteiger partial charge in [-0.05, 0) is 58.4 Å². The second-order valence-corrected chi connectivity index (χ2v) is 9.82. The second kappa shape index (κ2) is 12.0. The number of halogens is 3. The maximum atomic E-state index is 12.7. The number of carbonyl (C=O) groups excluding carboxylic acids is 1. The van der Waals surface area contributed by atoms with Crippen LogP contribution in [0.4, 0.5) is 29.7 Å². The number of anilines is 2. The van der Waals surface area contributed by atoms with Crippen molar-refractivity contribution in [3.05, 3.63) is 41.6 Å². The topological polar surface area (TPSA) is 121 Å². The van der Waals surface area contributed by atoms with Gasteiger partial charge >= 0.3 is 12.5 Å². The van der Waals surface area contributed by atoms with Crippen molar-refractivity contribution in [1.82, 2.24) is 15.3 Å². The molecule has 1 saturated carbocycles. The molecule has 0 bridgehead atoms. The van der Waals surface area contributed by atoms with Crippen molar-refractivity contribution in [2.24, 2.45) is 5.92 Å². The largest absolute Gasteiger partial charge is 0.573 e. The average molecular weight is 521 g/mol. The Morgan fingerprint density at radius 3 is 2.49 bits per heavy atom. The van der Waals surface area contributed by atoms with E-state index in [0.29, 0.717) is 18.3 Å². The van der Waals surface area contributed by atoms with E-state index in [0.717, 1.165) is 25.7 Å². The van der Waals surface area contributed by atoms with Gasteiger partial charge in [-0.2, -0.15) is 10.2 Å². The number of para-hydroxylation sites is 1. The van der Waals surface area contributed by atoms with E-state index in [4.69, 9.17) is 4.74 Å². The summed E-state index contributed by atoms with van der Waals surface area (Å²) in [6, 6.07) is 7.89. The molecule has 9 nitrogen and oxygen atoms in total. The van der Waals surface area contributed by atoms with Crippen molar-refractivity contribution in [3.8, 4) is 11.8 Å². The van der Waals surface area contributed by atoms with Crippen LogP contribution in [0.3, 0.4) is 0 Å². The fourth-order valence-corrected chi connectivity index (χ4v) is 3.96. The van der Waals surface area contributed by atoms with Gasteiger partial charge in [0.05, 0.1) is 6.20 Å². The SMILES string of the molecule is CC(C)(C)OC(=O)N[C@H]1CC[C@H](CNc2nc(NCc3ccccc3OC(F)(F)F)ncc2C#N)CC1. The molecule has 0 atom stereocenters. The van der Waals surface area contributed by atoms with Crippen LogP contribution in [0.25, 0.3) is 0 Å². The van der Waals surface area contributed by atoms with Crippen LogP contribution >= 0.6 is 0 Å². The van der Waals surface area contributed by atoms with Gasteiger partial charge in [-0.3, -0.25) is 0 Å². The Morgan fingerprint density at radius 1 is 1.14 bits per heavy atom. The average Bonchev–Trinajstić information content (AvgIpc) is 2.81. The molecule has 0 spiro atoms. The van der Waals surface area contributed by atoms with E-state index in [1.165, 1.54) is 24.4 Å². The standard InChI is InChI=1S/C25H31F3N6O3/c1-24(2,3)37-23(35)33-19-10-8-16(9-11-19)13-30-21-18(12-29)15-32-22(34-21)31-14-17-6-4-5-7-20(17)36-25(26,27)28/h4-7,15-16,19H,8-11,13-14H2,1-3H3,(H,33,35)(H2,30,31,32,34)/t16-,19-. The van der Waals surface area contributed by atoms with Gasteiger partial charge in [-0.15, -0.1) is 13.2 Å². The van der Waals surface area contributed by atoms with E-state index in [1.54, 1.807) is 6.07 Å². The van der Waals surface area contributed by atoms with Gasteiger partial charge in [0, 0.05) is 24.7 Å². The first-order valence-electron chi connectivity index (χ1n) is 12.0. The summed E-state index contributed by atoms with van der Waals surface area (Å²) >= 11 is 0. The zero-order valence-corrected chi connectivity index (χ0v) is 21.0. The highest BCUT2D eigenvalue weighted by molar-refractivity contribution is 5.68. The third kappa shape index (κ3) is 9.33. The minimum absolute atomic E-state index is 0.00768. The summed E-state index contributed by atoms with van der Waals surface area (Å²) in [6.45, 7) is 6.03. The van der Waals surface area contributed by atoms with Crippen molar-refractivity contribution >= 4 is 17.9 Å². The molecule has 3 rings (SSSR count). The summed E-state index contributed by atoms with van der Waals surface area (Å²) in [5, 5.41) is 18.4. The second-order valence-electron chi connectivity index (χ2n) is 9.82. The summed E-state index contributed by atoms with van der Waals surface area (Å²) in [6.07, 6.45) is -0.482. The number of hydrogen-bond donors (Lipinski definition) is 3. The first kappa shape index (κ1) is 27.8. The fourth-order valence-electron chi connectivity index (χ4n) is 3.96.